The summed E-state index contributed by atoms with van der Waals surface area (Å²) in [6.07, 6.45) is -3.13. The minimum atomic E-state index is -4.58. The molecule has 4 atom stereocenters. The molecule has 2 bridgehead atoms. The molecule has 0 spiro atoms. The van der Waals surface area contributed by atoms with Crippen molar-refractivity contribution in [3.8, 4) is 0 Å². The van der Waals surface area contributed by atoms with Crippen molar-refractivity contribution in [3.63, 3.8) is 0 Å². The van der Waals surface area contributed by atoms with Gasteiger partial charge < -0.3 is 19.5 Å². The van der Waals surface area contributed by atoms with Crippen LogP contribution < -0.4 is 10.1 Å². The molecule has 0 radical (unpaired) electrons. The molecule has 33 heavy (non-hydrogen) atoms. The molecule has 1 saturated carbocycles. The summed E-state index contributed by atoms with van der Waals surface area (Å²) in [7, 11) is 1.21. The zero-order valence-corrected chi connectivity index (χ0v) is 18.5. The number of nitrogens with zero attached hydrogens (tertiary/aromatic N) is 3. The van der Waals surface area contributed by atoms with Gasteiger partial charge in [0.15, 0.2) is 0 Å². The molecule has 1 amide bonds. The third kappa shape index (κ3) is 4.65. The molecular formula is C23H27F3N3O4-. The van der Waals surface area contributed by atoms with Crippen LogP contribution in [-0.4, -0.2) is 55.1 Å². The smallest absolute Gasteiger partial charge is 0.431 e. The Labute approximate surface area is 190 Å². The number of likely N-dealkylation sites (tertiary alicyclic amines) is 1. The Kier molecular flexibility index (Phi) is 6.28. The van der Waals surface area contributed by atoms with Gasteiger partial charge in [0.25, 0.3) is 0 Å². The van der Waals surface area contributed by atoms with Crippen LogP contribution in [0.3, 0.4) is 0 Å². The van der Waals surface area contributed by atoms with Crippen molar-refractivity contribution in [2.24, 2.45) is 28.8 Å². The Morgan fingerprint density at radius 2 is 1.76 bits per heavy atom. The molecule has 2 fully saturated rings. The SMILES string of the molecule is COC(=O)C[C@H]1[C@H](C)C(C(F)(F)F)=NN1c1ccc(CC2C3CCC2CN(C(=O)[O-])C3)cc1. The van der Waals surface area contributed by atoms with Gasteiger partial charge in [-0.05, 0) is 54.7 Å². The first kappa shape index (κ1) is 23.4. The number of piperidine rings is 1. The van der Waals surface area contributed by atoms with Crippen molar-refractivity contribution in [1.29, 1.82) is 0 Å². The summed E-state index contributed by atoms with van der Waals surface area (Å²) in [6.45, 7) is 2.41. The minimum Gasteiger partial charge on any atom is -0.530 e. The summed E-state index contributed by atoms with van der Waals surface area (Å²) in [5.74, 6) is -0.604. The number of anilines is 1. The van der Waals surface area contributed by atoms with Crippen LogP contribution in [-0.2, 0) is 16.0 Å². The fraction of sp³-hybridized carbons (Fsp3) is 0.609. The number of hydrogen-bond acceptors (Lipinski definition) is 6. The van der Waals surface area contributed by atoms with Crippen LogP contribution in [0, 0.1) is 23.7 Å². The normalized spacial score (nSPS) is 29.2. The highest BCUT2D eigenvalue weighted by molar-refractivity contribution is 5.96. The molecule has 7 nitrogen and oxygen atoms in total. The number of methoxy groups -OCH3 is 1. The molecule has 0 aromatic heterocycles. The molecular weight excluding hydrogens is 439 g/mol. The molecule has 1 aliphatic carbocycles. The number of ether oxygens (including phenoxy) is 1. The summed E-state index contributed by atoms with van der Waals surface area (Å²) in [6, 6.07) is 6.42. The molecule has 1 aromatic rings. The van der Waals surface area contributed by atoms with E-state index >= 15 is 0 Å². The third-order valence-corrected chi connectivity index (χ3v) is 7.39. The Bertz CT molecular complexity index is 920. The fourth-order valence-electron chi connectivity index (χ4n) is 5.63. The van der Waals surface area contributed by atoms with Gasteiger partial charge in [0, 0.05) is 19.0 Å². The maximum atomic E-state index is 13.5. The average Bonchev–Trinajstić information content (AvgIpc) is 3.19. The summed E-state index contributed by atoms with van der Waals surface area (Å²) in [5, 5.41) is 16.3. The summed E-state index contributed by atoms with van der Waals surface area (Å²) in [4.78, 5) is 24.4. The molecule has 10 heteroatoms. The highest BCUT2D eigenvalue weighted by Crippen LogP contribution is 2.44. The number of alkyl halides is 3. The van der Waals surface area contributed by atoms with Crippen molar-refractivity contribution in [2.75, 3.05) is 25.2 Å². The van der Waals surface area contributed by atoms with Gasteiger partial charge in [-0.3, -0.25) is 9.80 Å². The highest BCUT2D eigenvalue weighted by atomic mass is 19.4. The van der Waals surface area contributed by atoms with Crippen LogP contribution >= 0.6 is 0 Å². The standard InChI is InChI=1S/C23H28F3N3O4/c1-13-19(10-20(30)33-2)29(27-21(13)23(24,25)26)17-7-3-14(4-8-17)9-18-15-5-6-16(18)12-28(11-15)22(31)32/h3-4,7-8,13,15-16,18-19H,5-6,9-12H2,1-2H3,(H,31,32)/p-1/t13-,15?,16?,18?,19-/m0/s1. The van der Waals surface area contributed by atoms with E-state index in [4.69, 9.17) is 0 Å². The van der Waals surface area contributed by atoms with Crippen LogP contribution in [0.2, 0.25) is 0 Å². The predicted molar refractivity (Wildman–Crippen MR) is 112 cm³/mol. The lowest BCUT2D eigenvalue weighted by atomic mass is 9.81. The number of carbonyl (C=O) groups excluding carboxylic acids is 2. The minimum absolute atomic E-state index is 0.205. The van der Waals surface area contributed by atoms with Gasteiger partial charge in [0.1, 0.15) is 11.8 Å². The molecule has 4 rings (SSSR count). The van der Waals surface area contributed by atoms with Gasteiger partial charge in [-0.25, -0.2) is 0 Å². The molecule has 2 unspecified atom stereocenters. The van der Waals surface area contributed by atoms with Crippen LogP contribution in [0.4, 0.5) is 23.7 Å². The van der Waals surface area contributed by atoms with Crippen molar-refractivity contribution < 1.29 is 32.6 Å². The Morgan fingerprint density at radius 3 is 2.27 bits per heavy atom. The van der Waals surface area contributed by atoms with Crippen molar-refractivity contribution >= 4 is 23.5 Å². The second-order valence-corrected chi connectivity index (χ2v) is 9.27. The number of halogens is 3. The first-order chi connectivity index (χ1) is 15.6. The number of hydrazone groups is 1. The number of esters is 1. The highest BCUT2D eigenvalue weighted by Gasteiger charge is 2.49. The summed E-state index contributed by atoms with van der Waals surface area (Å²) in [5.41, 5.74) is 0.615. The number of carbonyl (C=O) groups is 2. The molecule has 0 N–H and O–H groups in total. The predicted octanol–water partition coefficient (Wildman–Crippen LogP) is 2.84. The van der Waals surface area contributed by atoms with Crippen molar-refractivity contribution in [3.05, 3.63) is 29.8 Å². The molecule has 180 valence electrons. The maximum absolute atomic E-state index is 13.5. The van der Waals surface area contributed by atoms with E-state index in [0.717, 1.165) is 24.8 Å². The number of benzene rings is 1. The lowest BCUT2D eigenvalue weighted by molar-refractivity contribution is -0.268. The molecule has 2 aliphatic heterocycles. The van der Waals surface area contributed by atoms with Crippen LogP contribution in [0.15, 0.2) is 29.4 Å². The second kappa shape index (κ2) is 8.87. The molecule has 1 aromatic carbocycles. The Hall–Kier alpha value is -2.78. The Morgan fingerprint density at radius 1 is 1.15 bits per heavy atom. The fourth-order valence-corrected chi connectivity index (χ4v) is 5.63. The van der Waals surface area contributed by atoms with Gasteiger partial charge in [-0.1, -0.05) is 19.1 Å². The van der Waals surface area contributed by atoms with E-state index in [-0.39, 0.29) is 6.42 Å². The summed E-state index contributed by atoms with van der Waals surface area (Å²) >= 11 is 0. The van der Waals surface area contributed by atoms with E-state index in [0.29, 0.717) is 36.5 Å². The van der Waals surface area contributed by atoms with Gasteiger partial charge in [-0.2, -0.15) is 18.3 Å². The lowest BCUT2D eigenvalue weighted by Gasteiger charge is -2.39. The zero-order chi connectivity index (χ0) is 23.9. The van der Waals surface area contributed by atoms with Gasteiger partial charge in [0.2, 0.25) is 0 Å². The number of amides is 1. The second-order valence-electron chi connectivity index (χ2n) is 9.27. The van der Waals surface area contributed by atoms with E-state index in [1.54, 1.807) is 12.1 Å². The van der Waals surface area contributed by atoms with E-state index in [9.17, 15) is 27.9 Å². The van der Waals surface area contributed by atoms with Crippen LogP contribution in [0.5, 0.6) is 0 Å². The van der Waals surface area contributed by atoms with Crippen LogP contribution in [0.1, 0.15) is 31.7 Å². The first-order valence-electron chi connectivity index (χ1n) is 11.1. The first-order valence-corrected chi connectivity index (χ1v) is 11.1. The van der Waals surface area contributed by atoms with Gasteiger partial charge in [-0.15, -0.1) is 0 Å². The number of rotatable bonds is 5. The monoisotopic (exact) mass is 466 g/mol. The molecule has 1 saturated heterocycles. The van der Waals surface area contributed by atoms with Gasteiger partial charge >= 0.3 is 12.1 Å². The molecule has 3 aliphatic rings. The quantitative estimate of drug-likeness (QED) is 0.623. The van der Waals surface area contributed by atoms with E-state index < -0.39 is 35.9 Å². The lowest BCUT2D eigenvalue weighted by Crippen LogP contribution is -2.50. The largest absolute Gasteiger partial charge is 0.530 e. The van der Waals surface area contributed by atoms with E-state index in [2.05, 4.69) is 9.84 Å². The zero-order valence-electron chi connectivity index (χ0n) is 18.5. The maximum Gasteiger partial charge on any atom is 0.431 e. The van der Waals surface area contributed by atoms with E-state index in [1.807, 2.05) is 12.1 Å². The topological polar surface area (TPSA) is 85.3 Å². The number of hydrogen-bond donors (Lipinski definition) is 0. The van der Waals surface area contributed by atoms with Gasteiger partial charge in [0.05, 0.1) is 25.3 Å². The summed E-state index contributed by atoms with van der Waals surface area (Å²) < 4.78 is 45.0. The molecule has 2 heterocycles. The Balaban J connectivity index is 1.50. The average molecular weight is 466 g/mol. The number of fused-ring (bicyclic) bond motifs is 2. The third-order valence-electron chi connectivity index (χ3n) is 7.39. The number of carboxylic acid groups (broad SMARTS) is 1. The van der Waals surface area contributed by atoms with Crippen molar-refractivity contribution in [2.45, 2.75) is 44.8 Å². The van der Waals surface area contributed by atoms with Crippen molar-refractivity contribution in [1.82, 2.24) is 4.90 Å². The van der Waals surface area contributed by atoms with E-state index in [1.165, 1.54) is 23.9 Å². The van der Waals surface area contributed by atoms with Crippen LogP contribution in [0.25, 0.3) is 0 Å².